The summed E-state index contributed by atoms with van der Waals surface area (Å²) in [6.45, 7) is 7.82. The van der Waals surface area contributed by atoms with Crippen LogP contribution in [0.5, 0.6) is 0 Å². The number of rotatable bonds is 5. The van der Waals surface area contributed by atoms with Crippen molar-refractivity contribution in [3.05, 3.63) is 0 Å². The van der Waals surface area contributed by atoms with Crippen LogP contribution in [0.15, 0.2) is 0 Å². The Balaban J connectivity index is 2.37. The Morgan fingerprint density at radius 3 is 2.64 bits per heavy atom. The third kappa shape index (κ3) is 3.23. The number of likely N-dealkylation sites (N-methyl/N-ethyl adjacent to an activating group) is 1. The molecule has 0 bridgehead atoms. The van der Waals surface area contributed by atoms with Crippen LogP contribution in [0.1, 0.15) is 26.7 Å². The molecule has 1 saturated heterocycles. The minimum atomic E-state index is 0.272. The van der Waals surface area contributed by atoms with E-state index in [0.29, 0.717) is 12.1 Å². The third-order valence-corrected chi connectivity index (χ3v) is 3.23. The Labute approximate surface area is 87.7 Å². The Kier molecular flexibility index (Phi) is 4.85. The van der Waals surface area contributed by atoms with Crippen molar-refractivity contribution in [3.63, 3.8) is 0 Å². The van der Waals surface area contributed by atoms with Gasteiger partial charge in [0, 0.05) is 25.2 Å². The largest absolute Gasteiger partial charge is 0.395 e. The van der Waals surface area contributed by atoms with Crippen molar-refractivity contribution < 1.29 is 5.11 Å². The van der Waals surface area contributed by atoms with Gasteiger partial charge >= 0.3 is 0 Å². The van der Waals surface area contributed by atoms with E-state index >= 15 is 0 Å². The molecule has 0 amide bonds. The molecule has 1 heterocycles. The summed E-state index contributed by atoms with van der Waals surface area (Å²) in [7, 11) is 2.20. The molecule has 1 N–H and O–H groups in total. The smallest absolute Gasteiger partial charge is 0.0558 e. The molecule has 0 aliphatic carbocycles. The third-order valence-electron chi connectivity index (χ3n) is 3.23. The fourth-order valence-corrected chi connectivity index (χ4v) is 2.17. The molecule has 0 unspecified atom stereocenters. The fourth-order valence-electron chi connectivity index (χ4n) is 2.17. The molecular weight excluding hydrogens is 176 g/mol. The monoisotopic (exact) mass is 200 g/mol. The number of likely N-dealkylation sites (tertiary alicyclic amines) is 1. The highest BCUT2D eigenvalue weighted by atomic mass is 16.3. The lowest BCUT2D eigenvalue weighted by molar-refractivity contribution is 0.131. The van der Waals surface area contributed by atoms with Crippen LogP contribution in [0.2, 0.25) is 0 Å². The topological polar surface area (TPSA) is 26.7 Å². The van der Waals surface area contributed by atoms with Crippen LogP contribution < -0.4 is 0 Å². The molecule has 0 spiro atoms. The molecular formula is C11H24N2O. The molecule has 84 valence electrons. The Hall–Kier alpha value is -0.120. The van der Waals surface area contributed by atoms with Crippen LogP contribution in [0, 0.1) is 0 Å². The molecule has 1 atom stereocenters. The quantitative estimate of drug-likeness (QED) is 0.710. The standard InChI is InChI=1S/C11H24N2O/c1-10(2)13(7-8-14)9-11-5-4-6-12(11)3/h10-11,14H,4-9H2,1-3H3/t11-/m0/s1. The first-order valence-electron chi connectivity index (χ1n) is 5.70. The van der Waals surface area contributed by atoms with E-state index in [1.165, 1.54) is 19.4 Å². The van der Waals surface area contributed by atoms with Gasteiger partial charge in [-0.05, 0) is 40.3 Å². The number of hydrogen-bond donors (Lipinski definition) is 1. The van der Waals surface area contributed by atoms with Crippen molar-refractivity contribution in [1.29, 1.82) is 0 Å². The van der Waals surface area contributed by atoms with Crippen LogP contribution >= 0.6 is 0 Å². The Morgan fingerprint density at radius 2 is 2.21 bits per heavy atom. The zero-order chi connectivity index (χ0) is 10.6. The van der Waals surface area contributed by atoms with E-state index in [2.05, 4.69) is 30.7 Å². The van der Waals surface area contributed by atoms with Gasteiger partial charge in [-0.2, -0.15) is 0 Å². The lowest BCUT2D eigenvalue weighted by Gasteiger charge is -2.31. The van der Waals surface area contributed by atoms with Crippen molar-refractivity contribution in [3.8, 4) is 0 Å². The lowest BCUT2D eigenvalue weighted by Crippen LogP contribution is -2.43. The van der Waals surface area contributed by atoms with E-state index in [0.717, 1.165) is 13.1 Å². The highest BCUT2D eigenvalue weighted by Crippen LogP contribution is 2.16. The molecule has 1 aliphatic rings. The molecule has 0 aromatic carbocycles. The number of aliphatic hydroxyl groups excluding tert-OH is 1. The number of nitrogens with zero attached hydrogens (tertiary/aromatic N) is 2. The maximum Gasteiger partial charge on any atom is 0.0558 e. The second-order valence-corrected chi connectivity index (χ2v) is 4.59. The van der Waals surface area contributed by atoms with Gasteiger partial charge in [0.2, 0.25) is 0 Å². The zero-order valence-electron chi connectivity index (χ0n) is 9.74. The summed E-state index contributed by atoms with van der Waals surface area (Å²) in [5.41, 5.74) is 0. The van der Waals surface area contributed by atoms with E-state index in [4.69, 9.17) is 5.11 Å². The summed E-state index contributed by atoms with van der Waals surface area (Å²) in [5, 5.41) is 8.97. The van der Waals surface area contributed by atoms with Gasteiger partial charge in [-0.15, -0.1) is 0 Å². The Bertz CT molecular complexity index is 161. The highest BCUT2D eigenvalue weighted by molar-refractivity contribution is 4.80. The van der Waals surface area contributed by atoms with Gasteiger partial charge in [-0.25, -0.2) is 0 Å². The first-order chi connectivity index (χ1) is 6.65. The molecule has 0 aromatic rings. The summed E-state index contributed by atoms with van der Waals surface area (Å²) in [6.07, 6.45) is 2.64. The molecule has 0 radical (unpaired) electrons. The molecule has 14 heavy (non-hydrogen) atoms. The molecule has 0 saturated carbocycles. The number of aliphatic hydroxyl groups is 1. The SMILES string of the molecule is CC(C)N(CCO)C[C@@H]1CCCN1C. The van der Waals surface area contributed by atoms with Crippen LogP contribution in [0.4, 0.5) is 0 Å². The fraction of sp³-hybridized carbons (Fsp3) is 1.00. The van der Waals surface area contributed by atoms with Gasteiger partial charge in [-0.3, -0.25) is 4.90 Å². The molecule has 1 aliphatic heterocycles. The molecule has 3 nitrogen and oxygen atoms in total. The second-order valence-electron chi connectivity index (χ2n) is 4.59. The maximum atomic E-state index is 8.97. The highest BCUT2D eigenvalue weighted by Gasteiger charge is 2.23. The van der Waals surface area contributed by atoms with E-state index in [1.54, 1.807) is 0 Å². The predicted octanol–water partition coefficient (Wildman–Crippen LogP) is 0.783. The maximum absolute atomic E-state index is 8.97. The van der Waals surface area contributed by atoms with Crippen molar-refractivity contribution >= 4 is 0 Å². The van der Waals surface area contributed by atoms with Crippen molar-refractivity contribution in [2.24, 2.45) is 0 Å². The first kappa shape index (κ1) is 12.0. The van der Waals surface area contributed by atoms with Gasteiger partial charge in [0.1, 0.15) is 0 Å². The summed E-state index contributed by atoms with van der Waals surface area (Å²) >= 11 is 0. The van der Waals surface area contributed by atoms with Crippen LogP contribution in [-0.4, -0.2) is 60.3 Å². The predicted molar refractivity (Wildman–Crippen MR) is 59.4 cm³/mol. The van der Waals surface area contributed by atoms with Gasteiger partial charge in [0.05, 0.1) is 6.61 Å². The Morgan fingerprint density at radius 1 is 1.50 bits per heavy atom. The van der Waals surface area contributed by atoms with Gasteiger partial charge in [-0.1, -0.05) is 0 Å². The van der Waals surface area contributed by atoms with Crippen molar-refractivity contribution in [2.75, 3.05) is 33.3 Å². The first-order valence-corrected chi connectivity index (χ1v) is 5.70. The van der Waals surface area contributed by atoms with Crippen LogP contribution in [0.25, 0.3) is 0 Å². The zero-order valence-corrected chi connectivity index (χ0v) is 9.74. The molecule has 0 aromatic heterocycles. The normalized spacial score (nSPS) is 24.0. The minimum absolute atomic E-state index is 0.272. The van der Waals surface area contributed by atoms with E-state index < -0.39 is 0 Å². The van der Waals surface area contributed by atoms with E-state index in [-0.39, 0.29) is 6.61 Å². The molecule has 1 rings (SSSR count). The van der Waals surface area contributed by atoms with Gasteiger partial charge in [0.25, 0.3) is 0 Å². The summed E-state index contributed by atoms with van der Waals surface area (Å²) < 4.78 is 0. The second kappa shape index (κ2) is 5.69. The van der Waals surface area contributed by atoms with E-state index in [9.17, 15) is 0 Å². The summed E-state index contributed by atoms with van der Waals surface area (Å²) in [4.78, 5) is 4.80. The lowest BCUT2D eigenvalue weighted by atomic mass is 10.2. The van der Waals surface area contributed by atoms with Gasteiger partial charge in [0.15, 0.2) is 0 Å². The van der Waals surface area contributed by atoms with E-state index in [1.807, 2.05) is 0 Å². The molecule has 1 fully saturated rings. The molecule has 3 heteroatoms. The summed E-state index contributed by atoms with van der Waals surface area (Å²) in [6, 6.07) is 1.24. The van der Waals surface area contributed by atoms with Crippen LogP contribution in [-0.2, 0) is 0 Å². The van der Waals surface area contributed by atoms with Crippen molar-refractivity contribution in [1.82, 2.24) is 9.80 Å². The summed E-state index contributed by atoms with van der Waals surface area (Å²) in [5.74, 6) is 0. The minimum Gasteiger partial charge on any atom is -0.395 e. The number of hydrogen-bond acceptors (Lipinski definition) is 3. The van der Waals surface area contributed by atoms with Crippen molar-refractivity contribution in [2.45, 2.75) is 38.8 Å². The average Bonchev–Trinajstić information content (AvgIpc) is 2.51. The van der Waals surface area contributed by atoms with Gasteiger partial charge < -0.3 is 10.0 Å². The average molecular weight is 200 g/mol. The van der Waals surface area contributed by atoms with Crippen LogP contribution in [0.3, 0.4) is 0 Å².